The van der Waals surface area contributed by atoms with Crippen LogP contribution < -0.4 is 10.6 Å². The van der Waals surface area contributed by atoms with E-state index in [1.165, 1.54) is 12.8 Å². The summed E-state index contributed by atoms with van der Waals surface area (Å²) >= 11 is 0. The number of nitrogens with one attached hydrogen (secondary N) is 2. The number of hydrogen-bond acceptors (Lipinski definition) is 3. The van der Waals surface area contributed by atoms with Crippen LogP contribution in [0.25, 0.3) is 0 Å². The first-order chi connectivity index (χ1) is 9.57. The largest absolute Gasteiger partial charge is 0.370 e. The molecule has 0 saturated heterocycles. The summed E-state index contributed by atoms with van der Waals surface area (Å²) in [6.07, 6.45) is 5.17. The molecule has 4 nitrogen and oxygen atoms in total. The minimum atomic E-state index is -0.00104. The molecule has 1 aromatic heterocycles. The Morgan fingerprint density at radius 1 is 1.45 bits per heavy atom. The fourth-order valence-corrected chi connectivity index (χ4v) is 2.40. The van der Waals surface area contributed by atoms with Crippen LogP contribution in [0.5, 0.6) is 0 Å². The molecule has 1 saturated carbocycles. The summed E-state index contributed by atoms with van der Waals surface area (Å²) in [5.74, 6) is 1.39. The van der Waals surface area contributed by atoms with E-state index in [1.807, 2.05) is 6.07 Å². The van der Waals surface area contributed by atoms with E-state index in [0.29, 0.717) is 16.9 Å². The van der Waals surface area contributed by atoms with E-state index < -0.39 is 0 Å². The zero-order valence-electron chi connectivity index (χ0n) is 12.7. The molecular formula is C16H25N3O. The molecule has 1 aromatic rings. The van der Waals surface area contributed by atoms with E-state index in [-0.39, 0.29) is 5.91 Å². The highest BCUT2D eigenvalue weighted by Crippen LogP contribution is 2.51. The highest BCUT2D eigenvalue weighted by Gasteiger charge is 2.45. The van der Waals surface area contributed by atoms with Crippen molar-refractivity contribution in [2.75, 3.05) is 18.4 Å². The predicted octanol–water partition coefficient (Wildman–Crippen LogP) is 3.07. The summed E-state index contributed by atoms with van der Waals surface area (Å²) in [6, 6.07) is 3.58. The number of aromatic nitrogens is 1. The number of carbonyl (C=O) groups is 1. The Morgan fingerprint density at radius 2 is 2.20 bits per heavy atom. The van der Waals surface area contributed by atoms with Gasteiger partial charge in [0.1, 0.15) is 5.82 Å². The molecule has 2 rings (SSSR count). The first-order valence-corrected chi connectivity index (χ1v) is 7.55. The molecule has 0 bridgehead atoms. The van der Waals surface area contributed by atoms with E-state index in [4.69, 9.17) is 0 Å². The molecule has 1 aliphatic rings. The zero-order chi connectivity index (χ0) is 14.6. The van der Waals surface area contributed by atoms with Gasteiger partial charge in [-0.1, -0.05) is 20.8 Å². The van der Waals surface area contributed by atoms with Gasteiger partial charge in [0, 0.05) is 24.8 Å². The van der Waals surface area contributed by atoms with Crippen LogP contribution in [0.1, 0.15) is 50.4 Å². The third kappa shape index (κ3) is 3.50. The molecule has 0 atom stereocenters. The van der Waals surface area contributed by atoms with Crippen LogP contribution in [0.4, 0.5) is 5.82 Å². The van der Waals surface area contributed by atoms with Crippen molar-refractivity contribution in [3.8, 4) is 0 Å². The van der Waals surface area contributed by atoms with Crippen LogP contribution in [0.15, 0.2) is 18.3 Å². The minimum Gasteiger partial charge on any atom is -0.370 e. The standard InChI is InChI=1S/C16H25N3O/c1-4-8-17-14-10-13(5-9-18-14)15(20)19-11-16(6-7-16)12(2)3/h5,9-10,12H,4,6-8,11H2,1-3H3,(H,17,18)(H,19,20). The molecule has 1 heterocycles. The van der Waals surface area contributed by atoms with Crippen molar-refractivity contribution in [2.45, 2.75) is 40.0 Å². The Hall–Kier alpha value is -1.58. The van der Waals surface area contributed by atoms with Gasteiger partial charge in [-0.25, -0.2) is 4.98 Å². The summed E-state index contributed by atoms with van der Waals surface area (Å²) < 4.78 is 0. The number of nitrogens with zero attached hydrogens (tertiary/aromatic N) is 1. The van der Waals surface area contributed by atoms with Gasteiger partial charge < -0.3 is 10.6 Å². The topological polar surface area (TPSA) is 54.0 Å². The summed E-state index contributed by atoms with van der Waals surface area (Å²) in [7, 11) is 0. The van der Waals surface area contributed by atoms with Gasteiger partial charge >= 0.3 is 0 Å². The number of pyridine rings is 1. The Labute approximate surface area is 121 Å². The molecule has 0 aliphatic heterocycles. The third-order valence-corrected chi connectivity index (χ3v) is 4.30. The second-order valence-corrected chi connectivity index (χ2v) is 6.06. The van der Waals surface area contributed by atoms with Crippen molar-refractivity contribution in [2.24, 2.45) is 11.3 Å². The lowest BCUT2D eigenvalue weighted by Gasteiger charge is -2.20. The number of rotatable bonds is 7. The maximum Gasteiger partial charge on any atom is 0.251 e. The lowest BCUT2D eigenvalue weighted by Crippen LogP contribution is -2.32. The van der Waals surface area contributed by atoms with Gasteiger partial charge in [-0.15, -0.1) is 0 Å². The molecule has 0 radical (unpaired) electrons. The molecule has 0 aromatic carbocycles. The van der Waals surface area contributed by atoms with Gasteiger partial charge in [0.2, 0.25) is 0 Å². The third-order valence-electron chi connectivity index (χ3n) is 4.30. The number of anilines is 1. The summed E-state index contributed by atoms with van der Waals surface area (Å²) in [5.41, 5.74) is 1.02. The first kappa shape index (κ1) is 14.8. The highest BCUT2D eigenvalue weighted by atomic mass is 16.1. The SMILES string of the molecule is CCCNc1cc(C(=O)NCC2(C(C)C)CC2)ccn1. The van der Waals surface area contributed by atoms with Crippen molar-refractivity contribution in [3.63, 3.8) is 0 Å². The van der Waals surface area contributed by atoms with Gasteiger partial charge in [-0.2, -0.15) is 0 Å². The maximum atomic E-state index is 12.2. The molecule has 0 unspecified atom stereocenters. The first-order valence-electron chi connectivity index (χ1n) is 7.55. The molecule has 20 heavy (non-hydrogen) atoms. The molecule has 0 spiro atoms. The van der Waals surface area contributed by atoms with Gasteiger partial charge in [0.05, 0.1) is 0 Å². The monoisotopic (exact) mass is 275 g/mol. The molecule has 1 fully saturated rings. The Balaban J connectivity index is 1.92. The van der Waals surface area contributed by atoms with Gasteiger partial charge in [-0.3, -0.25) is 4.79 Å². The molecule has 2 N–H and O–H groups in total. The van der Waals surface area contributed by atoms with Gasteiger partial charge in [0.15, 0.2) is 0 Å². The number of carbonyl (C=O) groups excluding carboxylic acids is 1. The van der Waals surface area contributed by atoms with Crippen molar-refractivity contribution in [1.82, 2.24) is 10.3 Å². The molecule has 4 heteroatoms. The van der Waals surface area contributed by atoms with E-state index in [2.05, 4.69) is 36.4 Å². The van der Waals surface area contributed by atoms with Crippen molar-refractivity contribution < 1.29 is 4.79 Å². The Bertz CT molecular complexity index is 467. The Kier molecular flexibility index (Phi) is 4.63. The Morgan fingerprint density at radius 3 is 2.80 bits per heavy atom. The van der Waals surface area contributed by atoms with E-state index >= 15 is 0 Å². The van der Waals surface area contributed by atoms with Gasteiger partial charge in [0.25, 0.3) is 5.91 Å². The fourth-order valence-electron chi connectivity index (χ4n) is 2.40. The minimum absolute atomic E-state index is 0.00104. The van der Waals surface area contributed by atoms with Crippen LogP contribution in [-0.4, -0.2) is 24.0 Å². The van der Waals surface area contributed by atoms with Crippen LogP contribution in [0.2, 0.25) is 0 Å². The average Bonchev–Trinajstić information content (AvgIpc) is 3.24. The lowest BCUT2D eigenvalue weighted by molar-refractivity contribution is 0.0939. The summed E-state index contributed by atoms with van der Waals surface area (Å²) in [4.78, 5) is 16.4. The average molecular weight is 275 g/mol. The zero-order valence-corrected chi connectivity index (χ0v) is 12.7. The second-order valence-electron chi connectivity index (χ2n) is 6.06. The normalized spacial score (nSPS) is 16.0. The van der Waals surface area contributed by atoms with E-state index in [1.54, 1.807) is 12.3 Å². The van der Waals surface area contributed by atoms with Crippen molar-refractivity contribution in [3.05, 3.63) is 23.9 Å². The molecule has 110 valence electrons. The maximum absolute atomic E-state index is 12.2. The van der Waals surface area contributed by atoms with Gasteiger partial charge in [-0.05, 0) is 42.7 Å². The quantitative estimate of drug-likeness (QED) is 0.804. The summed E-state index contributed by atoms with van der Waals surface area (Å²) in [6.45, 7) is 8.22. The molecular weight excluding hydrogens is 250 g/mol. The van der Waals surface area contributed by atoms with Crippen molar-refractivity contribution in [1.29, 1.82) is 0 Å². The molecule has 1 amide bonds. The van der Waals surface area contributed by atoms with E-state index in [0.717, 1.165) is 25.3 Å². The predicted molar refractivity (Wildman–Crippen MR) is 81.9 cm³/mol. The lowest BCUT2D eigenvalue weighted by atomic mass is 9.92. The van der Waals surface area contributed by atoms with Crippen LogP contribution in [0.3, 0.4) is 0 Å². The second kappa shape index (κ2) is 6.25. The van der Waals surface area contributed by atoms with E-state index in [9.17, 15) is 4.79 Å². The summed E-state index contributed by atoms with van der Waals surface area (Å²) in [5, 5.41) is 6.27. The molecule has 1 aliphatic carbocycles. The van der Waals surface area contributed by atoms with Crippen molar-refractivity contribution >= 4 is 11.7 Å². The van der Waals surface area contributed by atoms with Crippen LogP contribution in [-0.2, 0) is 0 Å². The highest BCUT2D eigenvalue weighted by molar-refractivity contribution is 5.94. The number of hydrogen-bond donors (Lipinski definition) is 2. The van der Waals surface area contributed by atoms with Crippen LogP contribution in [0, 0.1) is 11.3 Å². The smallest absolute Gasteiger partial charge is 0.251 e. The van der Waals surface area contributed by atoms with Crippen LogP contribution >= 0.6 is 0 Å². The fraction of sp³-hybridized carbons (Fsp3) is 0.625. The number of amides is 1.